The summed E-state index contributed by atoms with van der Waals surface area (Å²) >= 11 is 0. The van der Waals surface area contributed by atoms with E-state index >= 15 is 0 Å². The smallest absolute Gasteiger partial charge is 0.0831 e. The molecule has 0 saturated carbocycles. The summed E-state index contributed by atoms with van der Waals surface area (Å²) < 4.78 is 0. The molecule has 1 heteroatoms. The van der Waals surface area contributed by atoms with Crippen LogP contribution in [0.15, 0.2) is 72.3 Å². The summed E-state index contributed by atoms with van der Waals surface area (Å²) in [5.74, 6) is 0. The third-order valence-corrected chi connectivity index (χ3v) is 7.46. The van der Waals surface area contributed by atoms with Gasteiger partial charge < -0.3 is 0 Å². The maximum atomic E-state index is 2.43. The molecule has 111 valence electrons. The van der Waals surface area contributed by atoms with Crippen LogP contribution in [-0.2, 0) is 0 Å². The number of allylic oxidation sites excluding steroid dienone is 4. The SMILES string of the molecule is CC1=CCC([Si](c2ccc(C)cc2)c2ccc(C)cc2)C=C1. The van der Waals surface area contributed by atoms with Crippen molar-refractivity contribution in [2.45, 2.75) is 32.7 Å². The van der Waals surface area contributed by atoms with E-state index in [4.69, 9.17) is 0 Å². The molecule has 1 unspecified atom stereocenters. The zero-order valence-electron chi connectivity index (χ0n) is 13.6. The third-order valence-electron chi connectivity index (χ3n) is 4.38. The van der Waals surface area contributed by atoms with Crippen LogP contribution in [0.5, 0.6) is 0 Å². The Morgan fingerprint density at radius 2 is 1.27 bits per heavy atom. The van der Waals surface area contributed by atoms with Crippen LogP contribution < -0.4 is 10.4 Å². The van der Waals surface area contributed by atoms with Gasteiger partial charge in [-0.2, -0.15) is 0 Å². The molecule has 22 heavy (non-hydrogen) atoms. The molecule has 0 fully saturated rings. The van der Waals surface area contributed by atoms with Gasteiger partial charge in [-0.05, 0) is 32.7 Å². The van der Waals surface area contributed by atoms with Crippen molar-refractivity contribution in [1.82, 2.24) is 0 Å². The first kappa shape index (κ1) is 15.0. The Balaban J connectivity index is 2.00. The first-order valence-electron chi connectivity index (χ1n) is 7.99. The lowest BCUT2D eigenvalue weighted by Gasteiger charge is -2.25. The second kappa shape index (κ2) is 6.49. The standard InChI is InChI=1S/C21H23Si/c1-16-4-10-19(11-5-16)22(20-12-6-17(2)7-13-20)21-14-8-18(3)9-15-21/h4-14,21H,15H2,1-3H3. The van der Waals surface area contributed by atoms with Gasteiger partial charge in [0, 0.05) is 0 Å². The summed E-state index contributed by atoms with van der Waals surface area (Å²) in [6.07, 6.45) is 8.28. The summed E-state index contributed by atoms with van der Waals surface area (Å²) in [4.78, 5) is 0. The highest BCUT2D eigenvalue weighted by atomic mass is 28.3. The van der Waals surface area contributed by atoms with E-state index in [2.05, 4.69) is 87.5 Å². The Bertz CT molecular complexity index is 644. The Kier molecular flexibility index (Phi) is 4.44. The molecule has 0 saturated heterocycles. The minimum absolute atomic E-state index is 0.638. The van der Waals surface area contributed by atoms with E-state index in [0.29, 0.717) is 5.54 Å². The predicted molar refractivity (Wildman–Crippen MR) is 98.6 cm³/mol. The van der Waals surface area contributed by atoms with Crippen molar-refractivity contribution in [3.8, 4) is 0 Å². The minimum atomic E-state index is -0.788. The van der Waals surface area contributed by atoms with Gasteiger partial charge in [-0.1, -0.05) is 93.8 Å². The van der Waals surface area contributed by atoms with Crippen molar-refractivity contribution in [3.05, 3.63) is 83.5 Å². The molecule has 3 rings (SSSR count). The molecule has 0 bridgehead atoms. The maximum absolute atomic E-state index is 2.43. The Morgan fingerprint density at radius 1 is 0.773 bits per heavy atom. The fraction of sp³-hybridized carbons (Fsp3) is 0.238. The zero-order chi connectivity index (χ0) is 15.5. The van der Waals surface area contributed by atoms with E-state index in [1.54, 1.807) is 0 Å². The molecular weight excluding hydrogens is 280 g/mol. The van der Waals surface area contributed by atoms with Gasteiger partial charge in [0.25, 0.3) is 0 Å². The molecule has 2 aromatic carbocycles. The number of hydrogen-bond acceptors (Lipinski definition) is 0. The summed E-state index contributed by atoms with van der Waals surface area (Å²) in [5.41, 5.74) is 4.71. The molecule has 0 nitrogen and oxygen atoms in total. The largest absolute Gasteiger partial charge is 0.128 e. The number of benzene rings is 2. The Hall–Kier alpha value is -1.86. The average molecular weight is 304 g/mol. The molecule has 1 radical (unpaired) electrons. The van der Waals surface area contributed by atoms with Crippen LogP contribution in [0.1, 0.15) is 24.5 Å². The molecule has 0 aromatic heterocycles. The van der Waals surface area contributed by atoms with E-state index in [9.17, 15) is 0 Å². The van der Waals surface area contributed by atoms with Crippen LogP contribution in [0.3, 0.4) is 0 Å². The number of aryl methyl sites for hydroxylation is 2. The van der Waals surface area contributed by atoms with Gasteiger partial charge in [0.15, 0.2) is 0 Å². The van der Waals surface area contributed by atoms with Crippen LogP contribution in [0.25, 0.3) is 0 Å². The van der Waals surface area contributed by atoms with Crippen molar-refractivity contribution in [1.29, 1.82) is 0 Å². The summed E-state index contributed by atoms with van der Waals surface area (Å²) in [6, 6.07) is 18.4. The topological polar surface area (TPSA) is 0 Å². The van der Waals surface area contributed by atoms with Gasteiger partial charge in [-0.15, -0.1) is 0 Å². The van der Waals surface area contributed by atoms with Crippen molar-refractivity contribution < 1.29 is 0 Å². The summed E-state index contributed by atoms with van der Waals surface area (Å²) in [6.45, 7) is 6.51. The second-order valence-electron chi connectivity index (χ2n) is 6.30. The molecule has 0 spiro atoms. The van der Waals surface area contributed by atoms with Crippen LogP contribution in [0.4, 0.5) is 0 Å². The molecule has 1 aliphatic rings. The van der Waals surface area contributed by atoms with Crippen molar-refractivity contribution in [3.63, 3.8) is 0 Å². The van der Waals surface area contributed by atoms with E-state index in [1.807, 2.05) is 0 Å². The van der Waals surface area contributed by atoms with Crippen molar-refractivity contribution in [2.24, 2.45) is 0 Å². The molecule has 0 amide bonds. The molecule has 1 atom stereocenters. The average Bonchev–Trinajstić information content (AvgIpc) is 2.53. The van der Waals surface area contributed by atoms with Gasteiger partial charge in [0.1, 0.15) is 8.80 Å². The maximum Gasteiger partial charge on any atom is 0.128 e. The monoisotopic (exact) mass is 303 g/mol. The van der Waals surface area contributed by atoms with E-state index in [1.165, 1.54) is 33.5 Å². The van der Waals surface area contributed by atoms with E-state index in [-0.39, 0.29) is 0 Å². The first-order chi connectivity index (χ1) is 10.6. The van der Waals surface area contributed by atoms with Gasteiger partial charge in [-0.25, -0.2) is 0 Å². The number of hydrogen-bond donors (Lipinski definition) is 0. The Labute approximate surface area is 135 Å². The third kappa shape index (κ3) is 3.31. The molecule has 1 aliphatic carbocycles. The van der Waals surface area contributed by atoms with Crippen molar-refractivity contribution in [2.75, 3.05) is 0 Å². The fourth-order valence-electron chi connectivity index (χ4n) is 3.00. The van der Waals surface area contributed by atoms with E-state index in [0.717, 1.165) is 0 Å². The normalized spacial score (nSPS) is 17.6. The lowest BCUT2D eigenvalue weighted by Crippen LogP contribution is -2.45. The molecule has 0 heterocycles. The molecular formula is C21H23Si. The summed E-state index contributed by atoms with van der Waals surface area (Å²) in [5, 5.41) is 3.03. The molecule has 0 N–H and O–H groups in total. The highest BCUT2D eigenvalue weighted by molar-refractivity contribution is 6.86. The van der Waals surface area contributed by atoms with Crippen LogP contribution in [0, 0.1) is 13.8 Å². The van der Waals surface area contributed by atoms with Crippen LogP contribution in [0.2, 0.25) is 5.54 Å². The zero-order valence-corrected chi connectivity index (χ0v) is 14.6. The summed E-state index contributed by atoms with van der Waals surface area (Å²) in [7, 11) is -0.788. The van der Waals surface area contributed by atoms with Crippen molar-refractivity contribution >= 4 is 19.2 Å². The quantitative estimate of drug-likeness (QED) is 0.746. The molecule has 0 aliphatic heterocycles. The Morgan fingerprint density at radius 3 is 1.68 bits per heavy atom. The second-order valence-corrected chi connectivity index (χ2v) is 9.02. The molecule has 2 aromatic rings. The lowest BCUT2D eigenvalue weighted by atomic mass is 10.1. The lowest BCUT2D eigenvalue weighted by molar-refractivity contribution is 0.992. The highest BCUT2D eigenvalue weighted by Crippen LogP contribution is 2.24. The highest BCUT2D eigenvalue weighted by Gasteiger charge is 2.25. The van der Waals surface area contributed by atoms with Gasteiger partial charge >= 0.3 is 0 Å². The van der Waals surface area contributed by atoms with Crippen LogP contribution >= 0.6 is 0 Å². The van der Waals surface area contributed by atoms with Gasteiger partial charge in [0.2, 0.25) is 0 Å². The van der Waals surface area contributed by atoms with E-state index < -0.39 is 8.80 Å². The van der Waals surface area contributed by atoms with Gasteiger partial charge in [-0.3, -0.25) is 0 Å². The van der Waals surface area contributed by atoms with Gasteiger partial charge in [0.05, 0.1) is 0 Å². The minimum Gasteiger partial charge on any atom is -0.0831 e. The first-order valence-corrected chi connectivity index (χ1v) is 9.57. The predicted octanol–water partition coefficient (Wildman–Crippen LogP) is 4.19. The number of rotatable bonds is 3. The van der Waals surface area contributed by atoms with Crippen LogP contribution in [-0.4, -0.2) is 8.80 Å². The fourth-order valence-corrected chi connectivity index (χ4v) is 5.89.